The fourth-order valence-corrected chi connectivity index (χ4v) is 2.28. The second-order valence-electron chi connectivity index (χ2n) is 4.22. The maximum atomic E-state index is 13.9. The summed E-state index contributed by atoms with van der Waals surface area (Å²) in [7, 11) is 0. The van der Waals surface area contributed by atoms with Crippen LogP contribution in [0.5, 0.6) is 0 Å². The monoisotopic (exact) mass is 323 g/mol. The molecule has 0 aliphatic heterocycles. The Morgan fingerprint density at radius 2 is 2.16 bits per heavy atom. The van der Waals surface area contributed by atoms with Crippen molar-refractivity contribution >= 4 is 15.9 Å². The van der Waals surface area contributed by atoms with E-state index in [1.807, 2.05) is 6.07 Å². The fraction of sp³-hybridized carbons (Fsp3) is 0.286. The molecule has 0 bridgehead atoms. The lowest BCUT2D eigenvalue weighted by atomic mass is 10.0. The molecule has 5 heteroatoms. The molecule has 0 amide bonds. The highest BCUT2D eigenvalue weighted by Gasteiger charge is 2.17. The smallest absolute Gasteiger partial charge is 0.146 e. The second-order valence-corrected chi connectivity index (χ2v) is 5.14. The van der Waals surface area contributed by atoms with Gasteiger partial charge >= 0.3 is 0 Å². The van der Waals surface area contributed by atoms with Crippen LogP contribution in [-0.4, -0.2) is 16.5 Å². The summed E-state index contributed by atoms with van der Waals surface area (Å²) >= 11 is 3.39. The standard InChI is InChI=1S/C14H15BrFN3/c1-2-4-19-14(10-6-11(15)8-18-7-10)12-3-5-17-9-13(12)16/h3,5-9,14,19H,2,4H2,1H3. The van der Waals surface area contributed by atoms with E-state index in [-0.39, 0.29) is 11.9 Å². The summed E-state index contributed by atoms with van der Waals surface area (Å²) in [5.74, 6) is -0.309. The Morgan fingerprint density at radius 3 is 2.84 bits per heavy atom. The van der Waals surface area contributed by atoms with Crippen LogP contribution >= 0.6 is 15.9 Å². The maximum absolute atomic E-state index is 13.9. The van der Waals surface area contributed by atoms with Crippen LogP contribution in [0.2, 0.25) is 0 Å². The zero-order valence-corrected chi connectivity index (χ0v) is 12.2. The Kier molecular flexibility index (Phi) is 4.99. The van der Waals surface area contributed by atoms with E-state index < -0.39 is 0 Å². The Bertz CT molecular complexity index is 548. The first kappa shape index (κ1) is 14.1. The van der Waals surface area contributed by atoms with Gasteiger partial charge in [0.2, 0.25) is 0 Å². The summed E-state index contributed by atoms with van der Waals surface area (Å²) in [5, 5.41) is 3.34. The predicted molar refractivity (Wildman–Crippen MR) is 76.3 cm³/mol. The van der Waals surface area contributed by atoms with Crippen molar-refractivity contribution in [2.24, 2.45) is 0 Å². The van der Waals surface area contributed by atoms with Crippen LogP contribution in [0.1, 0.15) is 30.5 Å². The molecule has 1 N–H and O–H groups in total. The average molecular weight is 324 g/mol. The third-order valence-electron chi connectivity index (χ3n) is 2.77. The Hall–Kier alpha value is -1.33. The highest BCUT2D eigenvalue weighted by atomic mass is 79.9. The van der Waals surface area contributed by atoms with Gasteiger partial charge in [0.1, 0.15) is 5.82 Å². The van der Waals surface area contributed by atoms with E-state index in [2.05, 4.69) is 38.1 Å². The Balaban J connectivity index is 2.38. The van der Waals surface area contributed by atoms with Gasteiger partial charge in [-0.3, -0.25) is 9.97 Å². The maximum Gasteiger partial charge on any atom is 0.146 e. The lowest BCUT2D eigenvalue weighted by molar-refractivity contribution is 0.542. The number of aromatic nitrogens is 2. The molecule has 2 aromatic heterocycles. The summed E-state index contributed by atoms with van der Waals surface area (Å²) in [6.45, 7) is 2.88. The van der Waals surface area contributed by atoms with Crippen LogP contribution in [0.15, 0.2) is 41.4 Å². The third-order valence-corrected chi connectivity index (χ3v) is 3.21. The van der Waals surface area contributed by atoms with Gasteiger partial charge < -0.3 is 5.32 Å². The van der Waals surface area contributed by atoms with Crippen molar-refractivity contribution in [3.63, 3.8) is 0 Å². The molecule has 0 aliphatic rings. The van der Waals surface area contributed by atoms with Crippen molar-refractivity contribution in [2.45, 2.75) is 19.4 Å². The van der Waals surface area contributed by atoms with Gasteiger partial charge in [0.15, 0.2) is 0 Å². The van der Waals surface area contributed by atoms with E-state index in [1.165, 1.54) is 6.20 Å². The first-order valence-corrected chi connectivity index (χ1v) is 6.95. The number of rotatable bonds is 5. The molecule has 0 aromatic carbocycles. The molecule has 2 aromatic rings. The number of nitrogens with zero attached hydrogens (tertiary/aromatic N) is 2. The van der Waals surface area contributed by atoms with Gasteiger partial charge in [0.25, 0.3) is 0 Å². The van der Waals surface area contributed by atoms with Crippen molar-refractivity contribution in [3.8, 4) is 0 Å². The van der Waals surface area contributed by atoms with Crippen molar-refractivity contribution in [1.82, 2.24) is 15.3 Å². The van der Waals surface area contributed by atoms with Crippen LogP contribution < -0.4 is 5.32 Å². The third kappa shape index (κ3) is 3.58. The zero-order valence-electron chi connectivity index (χ0n) is 10.6. The molecule has 100 valence electrons. The van der Waals surface area contributed by atoms with E-state index in [0.717, 1.165) is 23.0 Å². The largest absolute Gasteiger partial charge is 0.306 e. The van der Waals surface area contributed by atoms with E-state index in [9.17, 15) is 4.39 Å². The number of pyridine rings is 2. The molecule has 2 heterocycles. The zero-order chi connectivity index (χ0) is 13.7. The summed E-state index contributed by atoms with van der Waals surface area (Å²) in [6.07, 6.45) is 7.28. The number of nitrogens with one attached hydrogen (secondary N) is 1. The first-order valence-electron chi connectivity index (χ1n) is 6.15. The molecule has 0 saturated heterocycles. The summed E-state index contributed by atoms with van der Waals surface area (Å²) < 4.78 is 14.8. The molecular formula is C14H15BrFN3. The minimum atomic E-state index is -0.309. The SMILES string of the molecule is CCCNC(c1cncc(Br)c1)c1ccncc1F. The van der Waals surface area contributed by atoms with Gasteiger partial charge in [-0.15, -0.1) is 0 Å². The molecule has 3 nitrogen and oxygen atoms in total. The average Bonchev–Trinajstić information content (AvgIpc) is 2.41. The van der Waals surface area contributed by atoms with Gasteiger partial charge in [-0.05, 0) is 46.6 Å². The molecule has 0 spiro atoms. The van der Waals surface area contributed by atoms with Crippen LogP contribution in [0.25, 0.3) is 0 Å². The van der Waals surface area contributed by atoms with Crippen molar-refractivity contribution < 1.29 is 4.39 Å². The highest BCUT2D eigenvalue weighted by molar-refractivity contribution is 9.10. The van der Waals surface area contributed by atoms with Gasteiger partial charge in [-0.1, -0.05) is 6.92 Å². The van der Waals surface area contributed by atoms with Crippen LogP contribution in [0, 0.1) is 5.82 Å². The number of hydrogen-bond acceptors (Lipinski definition) is 3. The minimum Gasteiger partial charge on any atom is -0.306 e. The van der Waals surface area contributed by atoms with Crippen LogP contribution in [-0.2, 0) is 0 Å². The first-order chi connectivity index (χ1) is 9.22. The summed E-state index contributed by atoms with van der Waals surface area (Å²) in [4.78, 5) is 7.93. The highest BCUT2D eigenvalue weighted by Crippen LogP contribution is 2.25. The Labute approximate surface area is 120 Å². The van der Waals surface area contributed by atoms with Gasteiger partial charge in [0, 0.05) is 28.6 Å². The molecule has 0 fully saturated rings. The van der Waals surface area contributed by atoms with Gasteiger partial charge in [0.05, 0.1) is 12.2 Å². The van der Waals surface area contributed by atoms with E-state index in [1.54, 1.807) is 24.7 Å². The van der Waals surface area contributed by atoms with Crippen LogP contribution in [0.4, 0.5) is 4.39 Å². The quantitative estimate of drug-likeness (QED) is 0.915. The molecular weight excluding hydrogens is 309 g/mol. The van der Waals surface area contributed by atoms with E-state index >= 15 is 0 Å². The second kappa shape index (κ2) is 6.73. The minimum absolute atomic E-state index is 0.215. The Morgan fingerprint density at radius 1 is 1.32 bits per heavy atom. The molecule has 19 heavy (non-hydrogen) atoms. The van der Waals surface area contributed by atoms with E-state index in [4.69, 9.17) is 0 Å². The summed E-state index contributed by atoms with van der Waals surface area (Å²) in [6, 6.07) is 3.43. The molecule has 0 saturated carbocycles. The van der Waals surface area contributed by atoms with Crippen molar-refractivity contribution in [1.29, 1.82) is 0 Å². The molecule has 1 unspecified atom stereocenters. The lowest BCUT2D eigenvalue weighted by Gasteiger charge is -2.19. The summed E-state index contributed by atoms with van der Waals surface area (Å²) in [5.41, 5.74) is 1.51. The van der Waals surface area contributed by atoms with Gasteiger partial charge in [-0.2, -0.15) is 0 Å². The molecule has 2 rings (SSSR count). The molecule has 1 atom stereocenters. The normalized spacial score (nSPS) is 12.4. The number of halogens is 2. The number of hydrogen-bond donors (Lipinski definition) is 1. The van der Waals surface area contributed by atoms with Gasteiger partial charge in [-0.25, -0.2) is 4.39 Å². The van der Waals surface area contributed by atoms with Crippen LogP contribution in [0.3, 0.4) is 0 Å². The van der Waals surface area contributed by atoms with Crippen molar-refractivity contribution in [3.05, 3.63) is 58.3 Å². The molecule has 0 radical (unpaired) electrons. The lowest BCUT2D eigenvalue weighted by Crippen LogP contribution is -2.24. The molecule has 0 aliphatic carbocycles. The van der Waals surface area contributed by atoms with E-state index in [0.29, 0.717) is 5.56 Å². The topological polar surface area (TPSA) is 37.8 Å². The fourth-order valence-electron chi connectivity index (χ4n) is 1.90. The predicted octanol–water partition coefficient (Wildman–Crippen LogP) is 3.47. The van der Waals surface area contributed by atoms with Crippen molar-refractivity contribution in [2.75, 3.05) is 6.54 Å².